The first-order valence-electron chi connectivity index (χ1n) is 11.4. The summed E-state index contributed by atoms with van der Waals surface area (Å²) < 4.78 is 63.6. The van der Waals surface area contributed by atoms with E-state index in [1.165, 1.54) is 12.1 Å². The van der Waals surface area contributed by atoms with Crippen LogP contribution in [0.4, 0.5) is 0 Å². The van der Waals surface area contributed by atoms with Crippen molar-refractivity contribution < 1.29 is 25.9 Å². The van der Waals surface area contributed by atoms with Crippen LogP contribution in [0, 0.1) is 13.8 Å². The Labute approximate surface area is 222 Å². The van der Waals surface area contributed by atoms with Crippen LogP contribution in [-0.2, 0) is 33.1 Å². The summed E-state index contributed by atoms with van der Waals surface area (Å²) in [6.45, 7) is 3.90. The molecule has 6 nitrogen and oxygen atoms in total. The summed E-state index contributed by atoms with van der Waals surface area (Å²) in [5, 5.41) is 0. The number of hydrogen-bond donors (Lipinski definition) is 2. The molecule has 0 saturated carbocycles. The molecule has 0 aliphatic heterocycles. The van der Waals surface area contributed by atoms with Gasteiger partial charge in [0, 0.05) is 23.0 Å². The fourth-order valence-corrected chi connectivity index (χ4v) is 7.68. The Morgan fingerprint density at radius 3 is 1.29 bits per heavy atom. The summed E-state index contributed by atoms with van der Waals surface area (Å²) in [6.07, 6.45) is 3.53. The van der Waals surface area contributed by atoms with Gasteiger partial charge in [0.25, 0.3) is 20.2 Å². The number of benzene rings is 2. The van der Waals surface area contributed by atoms with Crippen LogP contribution in [0.5, 0.6) is 0 Å². The molecular formula is C24H34O6S5. The molecule has 35 heavy (non-hydrogen) atoms. The lowest BCUT2D eigenvalue weighted by Gasteiger charge is -2.08. The number of hydrogen-bond acceptors (Lipinski definition) is 7. The molecule has 2 N–H and O–H groups in total. The predicted octanol–water partition coefficient (Wildman–Crippen LogP) is 5.56. The summed E-state index contributed by atoms with van der Waals surface area (Å²) in [5.41, 5.74) is 4.01. The Kier molecular flexibility index (Phi) is 13.0. The quantitative estimate of drug-likeness (QED) is 0.195. The maximum atomic E-state index is 11.3. The largest absolute Gasteiger partial charge is 0.294 e. The molecule has 0 radical (unpaired) electrons. The molecule has 11 heteroatoms. The van der Waals surface area contributed by atoms with Crippen molar-refractivity contribution in [1.29, 1.82) is 0 Å². The Balaban J connectivity index is 1.50. The first-order chi connectivity index (χ1) is 16.5. The molecule has 0 bridgehead atoms. The van der Waals surface area contributed by atoms with Gasteiger partial charge in [-0.25, -0.2) is 0 Å². The van der Waals surface area contributed by atoms with Crippen LogP contribution in [0.25, 0.3) is 0 Å². The van der Waals surface area contributed by atoms with E-state index in [0.717, 1.165) is 82.5 Å². The molecule has 0 aromatic heterocycles. The van der Waals surface area contributed by atoms with Crippen molar-refractivity contribution >= 4 is 55.5 Å². The highest BCUT2D eigenvalue weighted by atomic mass is 32.2. The van der Waals surface area contributed by atoms with Crippen LogP contribution >= 0.6 is 35.3 Å². The molecular weight excluding hydrogens is 545 g/mol. The Morgan fingerprint density at radius 1 is 0.600 bits per heavy atom. The van der Waals surface area contributed by atoms with Gasteiger partial charge < -0.3 is 0 Å². The summed E-state index contributed by atoms with van der Waals surface area (Å²) >= 11 is 5.76. The van der Waals surface area contributed by atoms with E-state index < -0.39 is 20.2 Å². The number of aryl methyl sites for hydroxylation is 4. The van der Waals surface area contributed by atoms with Gasteiger partial charge in [0.2, 0.25) is 0 Å². The average molecular weight is 579 g/mol. The molecule has 0 fully saturated rings. The van der Waals surface area contributed by atoms with E-state index in [2.05, 4.69) is 0 Å². The lowest BCUT2D eigenvalue weighted by molar-refractivity contribution is 0.480. The van der Waals surface area contributed by atoms with Crippen molar-refractivity contribution in [3.05, 3.63) is 58.7 Å². The third-order valence-electron chi connectivity index (χ3n) is 5.45. The minimum Gasteiger partial charge on any atom is -0.282 e. The molecule has 0 aliphatic rings. The first-order valence-corrected chi connectivity index (χ1v) is 17.7. The highest BCUT2D eigenvalue weighted by molar-refractivity contribution is 8.04. The van der Waals surface area contributed by atoms with E-state index in [-0.39, 0.29) is 9.79 Å². The molecule has 0 saturated heterocycles. The van der Waals surface area contributed by atoms with Crippen LogP contribution in [-0.4, -0.2) is 60.5 Å². The molecule has 196 valence electrons. The van der Waals surface area contributed by atoms with Gasteiger partial charge in [0.1, 0.15) is 0 Å². The molecule has 2 rings (SSSR count). The van der Waals surface area contributed by atoms with Crippen LogP contribution in [0.2, 0.25) is 0 Å². The lowest BCUT2D eigenvalue weighted by Crippen LogP contribution is -2.01. The average Bonchev–Trinajstić information content (AvgIpc) is 2.77. The van der Waals surface area contributed by atoms with E-state index in [0.29, 0.717) is 0 Å². The van der Waals surface area contributed by atoms with Crippen LogP contribution in [0.1, 0.15) is 35.1 Å². The second kappa shape index (κ2) is 14.9. The van der Waals surface area contributed by atoms with Crippen molar-refractivity contribution in [2.75, 3.05) is 34.5 Å². The van der Waals surface area contributed by atoms with Gasteiger partial charge >= 0.3 is 0 Å². The first kappa shape index (κ1) is 30.5. The third-order valence-corrected chi connectivity index (χ3v) is 10.8. The predicted molar refractivity (Wildman–Crippen MR) is 151 cm³/mol. The second-order valence-electron chi connectivity index (χ2n) is 8.17. The molecule has 0 heterocycles. The highest BCUT2D eigenvalue weighted by Crippen LogP contribution is 2.20. The van der Waals surface area contributed by atoms with Gasteiger partial charge in [-0.2, -0.15) is 52.1 Å². The summed E-state index contributed by atoms with van der Waals surface area (Å²) in [6, 6.07) is 9.49. The highest BCUT2D eigenvalue weighted by Gasteiger charge is 2.12. The minimum atomic E-state index is -4.16. The van der Waals surface area contributed by atoms with Gasteiger partial charge in [0.05, 0.1) is 9.79 Å². The third kappa shape index (κ3) is 11.5. The molecule has 2 aromatic rings. The fourth-order valence-electron chi connectivity index (χ4n) is 3.43. The van der Waals surface area contributed by atoms with E-state index in [4.69, 9.17) is 0 Å². The van der Waals surface area contributed by atoms with Gasteiger partial charge in [-0.05, 0) is 97.6 Å². The standard InChI is InChI=1S/C24H34O6S5/c1-19-7-9-23(34(25,26)27)17-21(19)5-3-11-31-13-15-33-16-14-32-12-4-6-22-18-24(35(28,29)30)10-8-20(22)2/h7-10,17-18H,3-6,11-16H2,1-2H3,(H,25,26,27)(H,28,29,30). The van der Waals surface area contributed by atoms with Gasteiger partial charge in [-0.1, -0.05) is 12.1 Å². The number of thioether (sulfide) groups is 3. The van der Waals surface area contributed by atoms with Crippen molar-refractivity contribution in [2.24, 2.45) is 0 Å². The molecule has 0 amide bonds. The van der Waals surface area contributed by atoms with Gasteiger partial charge in [-0.15, -0.1) is 0 Å². The minimum absolute atomic E-state index is 0.0403. The maximum Gasteiger partial charge on any atom is 0.294 e. The molecule has 0 unspecified atom stereocenters. The van der Waals surface area contributed by atoms with Crippen molar-refractivity contribution in [1.82, 2.24) is 0 Å². The van der Waals surface area contributed by atoms with Crippen LogP contribution in [0.3, 0.4) is 0 Å². The van der Waals surface area contributed by atoms with Gasteiger partial charge in [0.15, 0.2) is 0 Å². The normalized spacial score (nSPS) is 12.2. The van der Waals surface area contributed by atoms with E-state index >= 15 is 0 Å². The summed E-state index contributed by atoms with van der Waals surface area (Å²) in [4.78, 5) is -0.0806. The monoisotopic (exact) mass is 578 g/mol. The molecule has 0 atom stereocenters. The zero-order valence-electron chi connectivity index (χ0n) is 20.1. The topological polar surface area (TPSA) is 109 Å². The summed E-state index contributed by atoms with van der Waals surface area (Å²) in [7, 11) is -8.31. The van der Waals surface area contributed by atoms with E-state index in [1.807, 2.05) is 49.1 Å². The zero-order valence-corrected chi connectivity index (χ0v) is 24.2. The van der Waals surface area contributed by atoms with Crippen molar-refractivity contribution in [2.45, 2.75) is 49.3 Å². The Bertz CT molecular complexity index is 1070. The number of rotatable bonds is 16. The zero-order chi connectivity index (χ0) is 25.9. The maximum absolute atomic E-state index is 11.3. The van der Waals surface area contributed by atoms with Gasteiger partial charge in [-0.3, -0.25) is 9.11 Å². The second-order valence-corrected chi connectivity index (χ2v) is 14.7. The lowest BCUT2D eigenvalue weighted by atomic mass is 10.0. The Hall–Kier alpha value is -0.690. The molecule has 0 spiro atoms. The van der Waals surface area contributed by atoms with Crippen molar-refractivity contribution in [3.63, 3.8) is 0 Å². The van der Waals surface area contributed by atoms with E-state index in [9.17, 15) is 25.9 Å². The molecule has 0 aliphatic carbocycles. The van der Waals surface area contributed by atoms with Crippen LogP contribution < -0.4 is 0 Å². The molecule has 2 aromatic carbocycles. The fraction of sp³-hybridized carbons (Fsp3) is 0.500. The van der Waals surface area contributed by atoms with Crippen LogP contribution in [0.15, 0.2) is 46.2 Å². The smallest absolute Gasteiger partial charge is 0.282 e. The summed E-state index contributed by atoms with van der Waals surface area (Å²) in [5.74, 6) is 6.41. The van der Waals surface area contributed by atoms with E-state index in [1.54, 1.807) is 24.3 Å². The van der Waals surface area contributed by atoms with Crippen molar-refractivity contribution in [3.8, 4) is 0 Å². The Morgan fingerprint density at radius 2 is 0.943 bits per heavy atom. The SMILES string of the molecule is Cc1ccc(S(=O)(=O)O)cc1CCCSCCSCCSCCCc1cc(S(=O)(=O)O)ccc1C.